The fraction of sp³-hybridized carbons (Fsp3) is 0.231. The molecule has 0 spiro atoms. The molecule has 9 heteroatoms. The number of aliphatic hydroxyl groups is 2. The fourth-order valence-corrected chi connectivity index (χ4v) is 5.46. The second-order valence-corrected chi connectivity index (χ2v) is 12.3. The van der Waals surface area contributed by atoms with E-state index < -0.39 is 0 Å². The van der Waals surface area contributed by atoms with Gasteiger partial charge in [-0.3, -0.25) is 9.59 Å². The molecular weight excluding hydrogens is 672 g/mol. The summed E-state index contributed by atoms with van der Waals surface area (Å²) >= 11 is 3.00. The Labute approximate surface area is 288 Å². The number of phenols is 1. The molecular formula is C39H41BrN2O6. The molecule has 0 saturated heterocycles. The van der Waals surface area contributed by atoms with Crippen molar-refractivity contribution in [1.82, 2.24) is 9.13 Å². The molecule has 3 N–H and O–H groups in total. The maximum atomic E-state index is 12.9. The average Bonchev–Trinajstić information content (AvgIpc) is 3.08. The first kappa shape index (κ1) is 36.1. The molecule has 0 bridgehead atoms. The molecule has 2 heterocycles. The third-order valence-electron chi connectivity index (χ3n) is 7.58. The molecule has 0 saturated carbocycles. The number of rotatable bonds is 7. The molecule has 0 radical (unpaired) electrons. The molecule has 6 rings (SSSR count). The van der Waals surface area contributed by atoms with E-state index in [1.54, 1.807) is 36.4 Å². The zero-order valence-corrected chi connectivity index (χ0v) is 29.1. The Kier molecular flexibility index (Phi) is 12.7. The first-order valence-corrected chi connectivity index (χ1v) is 16.8. The number of fused-ring (bicyclic) bond motifs is 2. The maximum Gasteiger partial charge on any atom is 0.259 e. The van der Waals surface area contributed by atoms with Gasteiger partial charge >= 0.3 is 0 Å². The van der Waals surface area contributed by atoms with Crippen molar-refractivity contribution in [3.63, 3.8) is 0 Å². The van der Waals surface area contributed by atoms with Gasteiger partial charge in [-0.25, -0.2) is 0 Å². The predicted octanol–water partition coefficient (Wildman–Crippen LogP) is 7.91. The van der Waals surface area contributed by atoms with Crippen molar-refractivity contribution in [2.24, 2.45) is 0 Å². The first-order valence-electron chi connectivity index (χ1n) is 15.7. The van der Waals surface area contributed by atoms with Crippen molar-refractivity contribution in [2.45, 2.75) is 39.8 Å². The fourth-order valence-electron chi connectivity index (χ4n) is 5.46. The maximum absolute atomic E-state index is 12.9. The minimum atomic E-state index is -0.366. The average molecular weight is 714 g/mol. The molecule has 0 atom stereocenters. The van der Waals surface area contributed by atoms with Gasteiger partial charge in [0.15, 0.2) is 6.79 Å². The third-order valence-corrected chi connectivity index (χ3v) is 7.94. The molecule has 8 nitrogen and oxygen atoms in total. The molecule has 2 aromatic heterocycles. The van der Waals surface area contributed by atoms with Crippen LogP contribution in [0.25, 0.3) is 44.1 Å². The Balaban J connectivity index is 0.000000196. The summed E-state index contributed by atoms with van der Waals surface area (Å²) in [5.74, 6) is 0.768. The van der Waals surface area contributed by atoms with E-state index in [-0.39, 0.29) is 42.4 Å². The van der Waals surface area contributed by atoms with Crippen LogP contribution in [0.15, 0.2) is 119 Å². The van der Waals surface area contributed by atoms with Gasteiger partial charge in [-0.1, -0.05) is 76.6 Å². The van der Waals surface area contributed by atoms with E-state index in [2.05, 4.69) is 15.9 Å². The van der Waals surface area contributed by atoms with Crippen molar-refractivity contribution in [3.8, 4) is 33.8 Å². The topological polar surface area (TPSA) is 114 Å². The van der Waals surface area contributed by atoms with Crippen molar-refractivity contribution >= 4 is 37.7 Å². The van der Waals surface area contributed by atoms with E-state index in [0.29, 0.717) is 22.2 Å². The Bertz CT molecular complexity index is 2070. The lowest BCUT2D eigenvalue weighted by Crippen LogP contribution is -2.23. The summed E-state index contributed by atoms with van der Waals surface area (Å²) < 4.78 is 8.67. The van der Waals surface area contributed by atoms with E-state index in [9.17, 15) is 14.7 Å². The van der Waals surface area contributed by atoms with Gasteiger partial charge in [0.05, 0.1) is 17.6 Å². The number of alkyl halides is 1. The summed E-state index contributed by atoms with van der Waals surface area (Å²) in [4.78, 5) is 25.7. The number of aromatic hydroxyl groups is 1. The monoisotopic (exact) mass is 712 g/mol. The number of hydrogen-bond acceptors (Lipinski definition) is 6. The van der Waals surface area contributed by atoms with Crippen molar-refractivity contribution in [1.29, 1.82) is 0 Å². The zero-order chi connectivity index (χ0) is 34.8. The smallest absolute Gasteiger partial charge is 0.259 e. The molecule has 0 aliphatic rings. The predicted molar refractivity (Wildman–Crippen MR) is 198 cm³/mol. The number of aromatic nitrogens is 2. The highest BCUT2D eigenvalue weighted by Crippen LogP contribution is 2.26. The Morgan fingerprint density at radius 1 is 0.646 bits per heavy atom. The highest BCUT2D eigenvalue weighted by atomic mass is 79.9. The Morgan fingerprint density at radius 2 is 1.04 bits per heavy atom. The van der Waals surface area contributed by atoms with Crippen LogP contribution in [0.1, 0.15) is 39.8 Å². The molecule has 0 unspecified atom stereocenters. The van der Waals surface area contributed by atoms with Crippen molar-refractivity contribution < 1.29 is 20.1 Å². The molecule has 6 aromatic rings. The lowest BCUT2D eigenvalue weighted by Gasteiger charge is -2.16. The van der Waals surface area contributed by atoms with Crippen LogP contribution in [0.4, 0.5) is 0 Å². The van der Waals surface area contributed by atoms with Crippen LogP contribution in [0, 0.1) is 0 Å². The number of phenolic OH excluding ortho intramolecular Hbond substituents is 1. The molecule has 0 fully saturated rings. The van der Waals surface area contributed by atoms with Crippen LogP contribution in [0.3, 0.4) is 0 Å². The van der Waals surface area contributed by atoms with E-state index in [1.807, 2.05) is 110 Å². The van der Waals surface area contributed by atoms with E-state index in [1.165, 1.54) is 0 Å². The number of nitrogens with zero attached hydrogens (tertiary/aromatic N) is 2. The van der Waals surface area contributed by atoms with Gasteiger partial charge in [0.2, 0.25) is 0 Å². The first-order chi connectivity index (χ1) is 23.1. The molecule has 0 amide bonds. The number of para-hydroxylation sites is 2. The second kappa shape index (κ2) is 16.9. The highest BCUT2D eigenvalue weighted by Gasteiger charge is 2.14. The van der Waals surface area contributed by atoms with Crippen LogP contribution in [0.2, 0.25) is 0 Å². The molecule has 0 aliphatic carbocycles. The molecule has 0 aliphatic heterocycles. The van der Waals surface area contributed by atoms with Gasteiger partial charge in [0.25, 0.3) is 11.1 Å². The summed E-state index contributed by atoms with van der Waals surface area (Å²) in [5.41, 5.74) is 4.84. The van der Waals surface area contributed by atoms with E-state index >= 15 is 0 Å². The number of aliphatic hydroxyl groups excluding tert-OH is 2. The number of ether oxygens (including phenoxy) is 1. The normalized spacial score (nSPS) is 10.9. The standard InChI is InChI=1S/C19H19NO3.C18H17NO2.C2H5BrO/c1-13(2)20-18-6-4-3-5-15(18)11-17(19(20)22)14-7-9-16(10-8-14)23-12-21;1-12(2)19-17-6-4-3-5-14(17)11-16(18(19)21)13-7-9-15(20)10-8-13;3-1-2-4/h3-11,13,21H,12H2,1-2H3;3-12,20H,1-2H3;4H,1-2H2. The van der Waals surface area contributed by atoms with Gasteiger partial charge < -0.3 is 29.2 Å². The van der Waals surface area contributed by atoms with Crippen LogP contribution < -0.4 is 15.9 Å². The van der Waals surface area contributed by atoms with Crippen LogP contribution in [0.5, 0.6) is 11.5 Å². The molecule has 4 aromatic carbocycles. The Morgan fingerprint density at radius 3 is 1.42 bits per heavy atom. The summed E-state index contributed by atoms with van der Waals surface area (Å²) in [7, 11) is 0. The van der Waals surface area contributed by atoms with E-state index in [4.69, 9.17) is 14.9 Å². The molecule has 48 heavy (non-hydrogen) atoms. The van der Waals surface area contributed by atoms with Crippen molar-refractivity contribution in [3.05, 3.63) is 130 Å². The summed E-state index contributed by atoms with van der Waals surface area (Å²) in [5, 5.41) is 28.8. The Hall–Kier alpha value is -4.70. The van der Waals surface area contributed by atoms with Gasteiger partial charge in [-0.05, 0) is 98.1 Å². The van der Waals surface area contributed by atoms with Gasteiger partial charge in [0.1, 0.15) is 11.5 Å². The lowest BCUT2D eigenvalue weighted by atomic mass is 10.0. The highest BCUT2D eigenvalue weighted by molar-refractivity contribution is 9.09. The minimum absolute atomic E-state index is 0.00507. The number of hydrogen-bond donors (Lipinski definition) is 3. The number of pyridine rings is 2. The SMILES string of the molecule is CC(C)n1c(=O)c(-c2ccc(O)cc2)cc2ccccc21.CC(C)n1c(=O)c(-c2ccc(OCO)cc2)cc2ccccc21.OCCBr. The quantitative estimate of drug-likeness (QED) is 0.115. The van der Waals surface area contributed by atoms with Crippen LogP contribution >= 0.6 is 15.9 Å². The summed E-state index contributed by atoms with van der Waals surface area (Å²) in [6.07, 6.45) is 0. The summed E-state index contributed by atoms with van der Waals surface area (Å²) in [6, 6.07) is 33.7. The van der Waals surface area contributed by atoms with E-state index in [0.717, 1.165) is 32.9 Å². The number of benzene rings is 4. The number of halogens is 1. The largest absolute Gasteiger partial charge is 0.508 e. The van der Waals surface area contributed by atoms with Crippen LogP contribution in [-0.2, 0) is 0 Å². The van der Waals surface area contributed by atoms with Gasteiger partial charge in [-0.15, -0.1) is 0 Å². The van der Waals surface area contributed by atoms with Gasteiger partial charge in [0, 0.05) is 28.5 Å². The lowest BCUT2D eigenvalue weighted by molar-refractivity contribution is 0.0985. The zero-order valence-electron chi connectivity index (χ0n) is 27.5. The third kappa shape index (κ3) is 8.41. The van der Waals surface area contributed by atoms with Crippen molar-refractivity contribution in [2.75, 3.05) is 18.7 Å². The second-order valence-electron chi connectivity index (χ2n) is 11.5. The van der Waals surface area contributed by atoms with Crippen LogP contribution in [-0.4, -0.2) is 43.2 Å². The summed E-state index contributed by atoms with van der Waals surface area (Å²) in [6.45, 7) is 7.91. The minimum Gasteiger partial charge on any atom is -0.508 e. The molecule has 250 valence electrons. The van der Waals surface area contributed by atoms with Gasteiger partial charge in [-0.2, -0.15) is 0 Å².